The molecule has 9 rings (SSSR count). The lowest BCUT2D eigenvalue weighted by atomic mass is 9.66. The molecule has 4 N–H and O–H groups in total. The first-order chi connectivity index (χ1) is 18.9. The Labute approximate surface area is 227 Å². The Morgan fingerprint density at radius 3 is 1.38 bits per heavy atom. The normalized spacial score (nSPS) is 38.1. The minimum atomic E-state index is -2.10. The van der Waals surface area contributed by atoms with Gasteiger partial charge in [-0.1, -0.05) is 0 Å². The van der Waals surface area contributed by atoms with Gasteiger partial charge in [0.15, 0.2) is 11.6 Å². The summed E-state index contributed by atoms with van der Waals surface area (Å²) in [6, 6.07) is 0. The maximum atomic E-state index is 13.8. The fourth-order valence-corrected chi connectivity index (χ4v) is 8.67. The van der Waals surface area contributed by atoms with Crippen LogP contribution in [0.4, 0.5) is 0 Å². The van der Waals surface area contributed by atoms with Gasteiger partial charge >= 0.3 is 0 Å². The molecule has 3 aromatic rings. The largest absolute Gasteiger partial charge is 0.507 e. The monoisotopic (exact) mass is 546 g/mol. The van der Waals surface area contributed by atoms with E-state index in [2.05, 4.69) is 0 Å². The summed E-state index contributed by atoms with van der Waals surface area (Å²) in [5.74, 6) is -5.73. The standard InChI is InChI=1S/C30H26O10/c1-7-13-21-19-17-15(25(13)33)11(31)5-30(36)24(17)20-18-16(26(34)14-8(2)38-10(4)28(40-30)22(14)20)12(32)6-29(35,23(18)19)39-27(21)9(3)37-7/h7-10,27-28,33-36H,5-6H2,1-4H3/t7-,8-,9-,10-,27-,28-,29+,30+/m0/s1. The lowest BCUT2D eigenvalue weighted by Crippen LogP contribution is -2.48. The Bertz CT molecular complexity index is 1710. The Morgan fingerprint density at radius 2 is 1.00 bits per heavy atom. The maximum Gasteiger partial charge on any atom is 0.201 e. The summed E-state index contributed by atoms with van der Waals surface area (Å²) < 4.78 is 24.8. The summed E-state index contributed by atoms with van der Waals surface area (Å²) in [4.78, 5) is 27.6. The second-order valence-corrected chi connectivity index (χ2v) is 12.2. The summed E-state index contributed by atoms with van der Waals surface area (Å²) >= 11 is 0. The minimum Gasteiger partial charge on any atom is -0.507 e. The molecule has 3 aromatic carbocycles. The first-order valence-corrected chi connectivity index (χ1v) is 13.7. The highest BCUT2D eigenvalue weighted by atomic mass is 16.7. The van der Waals surface area contributed by atoms with Crippen LogP contribution in [-0.4, -0.2) is 44.2 Å². The molecule has 0 amide bonds. The molecule has 40 heavy (non-hydrogen) atoms. The van der Waals surface area contributed by atoms with Crippen LogP contribution in [-0.2, 0) is 30.5 Å². The first-order valence-electron chi connectivity index (χ1n) is 13.7. The van der Waals surface area contributed by atoms with Crippen molar-refractivity contribution in [1.82, 2.24) is 0 Å². The van der Waals surface area contributed by atoms with Gasteiger partial charge in [-0.05, 0) is 38.5 Å². The average Bonchev–Trinajstić information content (AvgIpc) is 2.85. The van der Waals surface area contributed by atoms with E-state index < -0.39 is 72.6 Å². The topological polar surface area (TPSA) is 152 Å². The van der Waals surface area contributed by atoms with Crippen molar-refractivity contribution in [3.05, 3.63) is 44.5 Å². The van der Waals surface area contributed by atoms with Crippen LogP contribution in [0, 0.1) is 0 Å². The van der Waals surface area contributed by atoms with Gasteiger partial charge in [0.25, 0.3) is 0 Å². The maximum absolute atomic E-state index is 13.8. The molecule has 6 aliphatic rings. The van der Waals surface area contributed by atoms with Crippen molar-refractivity contribution in [3.63, 3.8) is 0 Å². The van der Waals surface area contributed by atoms with Crippen molar-refractivity contribution < 1.29 is 49.0 Å². The van der Waals surface area contributed by atoms with E-state index in [4.69, 9.17) is 18.9 Å². The van der Waals surface area contributed by atoms with Crippen molar-refractivity contribution in [1.29, 1.82) is 0 Å². The molecular weight excluding hydrogens is 520 g/mol. The van der Waals surface area contributed by atoms with E-state index in [0.29, 0.717) is 33.0 Å². The molecule has 0 bridgehead atoms. The Balaban J connectivity index is 1.66. The molecule has 8 atom stereocenters. The number of aromatic hydroxyl groups is 2. The van der Waals surface area contributed by atoms with Gasteiger partial charge in [-0.25, -0.2) is 0 Å². The Hall–Kier alpha value is -3.12. The van der Waals surface area contributed by atoms with Crippen molar-refractivity contribution in [3.8, 4) is 11.5 Å². The van der Waals surface area contributed by atoms with Gasteiger partial charge in [-0.3, -0.25) is 9.59 Å². The number of carbonyl (C=O) groups excluding carboxylic acids is 2. The quantitative estimate of drug-likeness (QED) is 0.305. The van der Waals surface area contributed by atoms with Crippen LogP contribution in [0.25, 0.3) is 21.5 Å². The molecule has 10 nitrogen and oxygen atoms in total. The molecule has 0 unspecified atom stereocenters. The summed E-state index contributed by atoms with van der Waals surface area (Å²) in [7, 11) is 0. The van der Waals surface area contributed by atoms with Crippen LogP contribution in [0.3, 0.4) is 0 Å². The van der Waals surface area contributed by atoms with Gasteiger partial charge in [0.05, 0.1) is 48.4 Å². The van der Waals surface area contributed by atoms with Crippen LogP contribution in [0.5, 0.6) is 11.5 Å². The summed E-state index contributed by atoms with van der Waals surface area (Å²) in [6.07, 6.45) is -5.02. The molecule has 0 saturated heterocycles. The number of ether oxygens (including phenoxy) is 4. The number of benzene rings is 3. The second-order valence-electron chi connectivity index (χ2n) is 12.2. The lowest BCUT2D eigenvalue weighted by Gasteiger charge is -2.52. The van der Waals surface area contributed by atoms with Crippen LogP contribution < -0.4 is 0 Å². The smallest absolute Gasteiger partial charge is 0.201 e. The summed E-state index contributed by atoms with van der Waals surface area (Å²) in [5.41, 5.74) is 2.40. The molecule has 10 heteroatoms. The summed E-state index contributed by atoms with van der Waals surface area (Å²) in [6.45, 7) is 7.10. The minimum absolute atomic E-state index is 0.0232. The van der Waals surface area contributed by atoms with E-state index in [0.717, 1.165) is 0 Å². The third-order valence-electron chi connectivity index (χ3n) is 9.96. The van der Waals surface area contributed by atoms with Gasteiger partial charge in [0, 0.05) is 44.2 Å². The molecule has 206 valence electrons. The fraction of sp³-hybridized carbons (Fsp3) is 0.467. The fourth-order valence-electron chi connectivity index (χ4n) is 8.67. The molecule has 0 saturated carbocycles. The molecule has 0 spiro atoms. The molecule has 4 aliphatic heterocycles. The van der Waals surface area contributed by atoms with Crippen molar-refractivity contribution in [2.45, 2.75) is 88.7 Å². The highest BCUT2D eigenvalue weighted by Gasteiger charge is 2.59. The Kier molecular flexibility index (Phi) is 3.93. The third kappa shape index (κ3) is 2.27. The van der Waals surface area contributed by atoms with E-state index in [1.165, 1.54) is 0 Å². The Morgan fingerprint density at radius 1 is 0.625 bits per heavy atom. The van der Waals surface area contributed by atoms with Gasteiger partial charge in [0.2, 0.25) is 11.6 Å². The average molecular weight is 547 g/mol. The highest BCUT2D eigenvalue weighted by molar-refractivity contribution is 6.26. The van der Waals surface area contributed by atoms with Crippen molar-refractivity contribution in [2.24, 2.45) is 0 Å². The number of hydrogen-bond acceptors (Lipinski definition) is 10. The molecule has 0 radical (unpaired) electrons. The predicted octanol–water partition coefficient (Wildman–Crippen LogP) is 3.97. The molecule has 0 aromatic heterocycles. The second kappa shape index (κ2) is 6.67. The van der Waals surface area contributed by atoms with E-state index in [1.807, 2.05) is 0 Å². The predicted molar refractivity (Wildman–Crippen MR) is 136 cm³/mol. The van der Waals surface area contributed by atoms with Gasteiger partial charge in [-0.15, -0.1) is 0 Å². The zero-order valence-corrected chi connectivity index (χ0v) is 22.1. The van der Waals surface area contributed by atoms with Crippen molar-refractivity contribution >= 4 is 33.1 Å². The van der Waals surface area contributed by atoms with E-state index in [1.54, 1.807) is 27.7 Å². The van der Waals surface area contributed by atoms with Crippen LogP contribution in [0.1, 0.15) is 119 Å². The summed E-state index contributed by atoms with van der Waals surface area (Å²) in [5, 5.41) is 49.1. The van der Waals surface area contributed by atoms with E-state index in [9.17, 15) is 30.0 Å². The highest BCUT2D eigenvalue weighted by Crippen LogP contribution is 2.66. The van der Waals surface area contributed by atoms with E-state index >= 15 is 0 Å². The van der Waals surface area contributed by atoms with Crippen LogP contribution in [0.15, 0.2) is 0 Å². The number of phenols is 2. The number of rotatable bonds is 0. The lowest BCUT2D eigenvalue weighted by molar-refractivity contribution is -0.271. The number of hydrogen-bond donors (Lipinski definition) is 4. The van der Waals surface area contributed by atoms with Crippen LogP contribution in [0.2, 0.25) is 0 Å². The molecule has 0 fully saturated rings. The zero-order valence-electron chi connectivity index (χ0n) is 22.1. The first kappa shape index (κ1) is 23.6. The SMILES string of the molecule is C[C@@H]1O[C@@H](C)[C@@H]2O[C@]3(O)CC(=O)c4c(O)c5c6c7c8c9c(c(O)c1c2c9c3c47)C(=O)C[C@@]8(O)O[C@H]6[C@H](C)O[C@H]5C. The van der Waals surface area contributed by atoms with Gasteiger partial charge in [0.1, 0.15) is 23.7 Å². The number of Topliss-reactive ketones (excluding diaryl/α,β-unsaturated/α-hetero) is 2. The molecular formula is C30H26O10. The van der Waals surface area contributed by atoms with Crippen molar-refractivity contribution in [2.75, 3.05) is 0 Å². The number of phenolic OH excluding ortho intramolecular Hbond substituents is 2. The van der Waals surface area contributed by atoms with Gasteiger partial charge < -0.3 is 39.4 Å². The van der Waals surface area contributed by atoms with E-state index in [-0.39, 0.29) is 44.5 Å². The zero-order chi connectivity index (χ0) is 27.9. The number of aliphatic hydroxyl groups is 2. The van der Waals surface area contributed by atoms with Crippen LogP contribution >= 0.6 is 0 Å². The number of ketones is 2. The van der Waals surface area contributed by atoms with Gasteiger partial charge in [-0.2, -0.15) is 0 Å². The molecule has 4 heterocycles. The number of carbonyl (C=O) groups is 2. The third-order valence-corrected chi connectivity index (χ3v) is 9.96. The molecule has 2 aliphatic carbocycles.